The van der Waals surface area contributed by atoms with Gasteiger partial charge in [-0.25, -0.2) is 0 Å². The number of fused-ring (bicyclic) bond motifs is 1. The largest absolute Gasteiger partial charge is 0.337 e. The Morgan fingerprint density at radius 2 is 2.06 bits per heavy atom. The summed E-state index contributed by atoms with van der Waals surface area (Å²) in [6.07, 6.45) is 2.50. The van der Waals surface area contributed by atoms with Crippen LogP contribution < -0.4 is 5.32 Å². The average Bonchev–Trinajstić information content (AvgIpc) is 2.82. The van der Waals surface area contributed by atoms with Crippen LogP contribution in [-0.4, -0.2) is 36.5 Å². The van der Waals surface area contributed by atoms with Crippen LogP contribution in [0.15, 0.2) is 24.3 Å². The maximum absolute atomic E-state index is 12.4. The van der Waals surface area contributed by atoms with Gasteiger partial charge in [0.15, 0.2) is 0 Å². The fourth-order valence-electron chi connectivity index (χ4n) is 3.09. The molecular formula is C15H20N2O. The van der Waals surface area contributed by atoms with Crippen molar-refractivity contribution in [1.29, 1.82) is 0 Å². The molecule has 0 aromatic heterocycles. The van der Waals surface area contributed by atoms with Gasteiger partial charge in [0, 0.05) is 24.7 Å². The van der Waals surface area contributed by atoms with E-state index in [4.69, 9.17) is 0 Å². The number of nitrogens with zero attached hydrogens (tertiary/aromatic N) is 1. The minimum absolute atomic E-state index is 0.186. The monoisotopic (exact) mass is 244 g/mol. The van der Waals surface area contributed by atoms with E-state index in [1.54, 1.807) is 0 Å². The summed E-state index contributed by atoms with van der Waals surface area (Å²) in [4.78, 5) is 14.4. The van der Waals surface area contributed by atoms with E-state index in [-0.39, 0.29) is 5.91 Å². The molecule has 3 rings (SSSR count). The van der Waals surface area contributed by atoms with Crippen molar-refractivity contribution in [3.8, 4) is 0 Å². The zero-order valence-corrected chi connectivity index (χ0v) is 10.9. The molecule has 2 unspecified atom stereocenters. The van der Waals surface area contributed by atoms with Crippen molar-refractivity contribution in [3.63, 3.8) is 0 Å². The van der Waals surface area contributed by atoms with E-state index in [9.17, 15) is 4.79 Å². The lowest BCUT2D eigenvalue weighted by atomic mass is 9.94. The average molecular weight is 244 g/mol. The van der Waals surface area contributed by atoms with Gasteiger partial charge in [0.05, 0.1) is 0 Å². The molecule has 96 valence electrons. The predicted molar refractivity (Wildman–Crippen MR) is 71.6 cm³/mol. The summed E-state index contributed by atoms with van der Waals surface area (Å²) in [6, 6.07) is 8.41. The molecule has 3 nitrogen and oxygen atoms in total. The fourth-order valence-corrected chi connectivity index (χ4v) is 3.09. The Bertz CT molecular complexity index is 426. The van der Waals surface area contributed by atoms with Crippen LogP contribution in [-0.2, 0) is 0 Å². The third-order valence-corrected chi connectivity index (χ3v) is 4.18. The molecule has 0 saturated carbocycles. The van der Waals surface area contributed by atoms with Crippen molar-refractivity contribution in [1.82, 2.24) is 10.2 Å². The van der Waals surface area contributed by atoms with Crippen LogP contribution in [0.2, 0.25) is 0 Å². The van der Waals surface area contributed by atoms with Gasteiger partial charge in [-0.05, 0) is 44.4 Å². The van der Waals surface area contributed by atoms with Gasteiger partial charge < -0.3 is 10.2 Å². The second kappa shape index (κ2) is 4.73. The second-order valence-electron chi connectivity index (χ2n) is 5.54. The molecule has 3 heteroatoms. The summed E-state index contributed by atoms with van der Waals surface area (Å²) in [5, 5.41) is 3.53. The Hall–Kier alpha value is -1.35. The van der Waals surface area contributed by atoms with Crippen molar-refractivity contribution in [2.75, 3.05) is 19.6 Å². The number of benzene rings is 1. The molecule has 1 N–H and O–H groups in total. The number of aryl methyl sites for hydroxylation is 1. The quantitative estimate of drug-likeness (QED) is 0.817. The Balaban J connectivity index is 1.72. The number of nitrogens with one attached hydrogen (secondary N) is 1. The van der Waals surface area contributed by atoms with Crippen molar-refractivity contribution in [3.05, 3.63) is 35.4 Å². The Morgan fingerprint density at radius 3 is 2.78 bits per heavy atom. The lowest BCUT2D eigenvalue weighted by Gasteiger charge is -2.24. The highest BCUT2D eigenvalue weighted by Gasteiger charge is 2.36. The summed E-state index contributed by atoms with van der Waals surface area (Å²) in [5.41, 5.74) is 2.02. The molecule has 2 saturated heterocycles. The van der Waals surface area contributed by atoms with Gasteiger partial charge in [-0.2, -0.15) is 0 Å². The lowest BCUT2D eigenvalue weighted by Crippen LogP contribution is -2.41. The zero-order chi connectivity index (χ0) is 12.5. The third kappa shape index (κ3) is 2.15. The number of piperidine rings is 1. The lowest BCUT2D eigenvalue weighted by molar-refractivity contribution is 0.0785. The first-order chi connectivity index (χ1) is 8.74. The Labute approximate surface area is 108 Å². The maximum Gasteiger partial charge on any atom is 0.253 e. The maximum atomic E-state index is 12.4. The van der Waals surface area contributed by atoms with E-state index >= 15 is 0 Å². The van der Waals surface area contributed by atoms with E-state index in [0.29, 0.717) is 12.0 Å². The zero-order valence-electron chi connectivity index (χ0n) is 10.9. The van der Waals surface area contributed by atoms with Gasteiger partial charge in [0.2, 0.25) is 0 Å². The van der Waals surface area contributed by atoms with Gasteiger partial charge >= 0.3 is 0 Å². The molecule has 2 fully saturated rings. The number of amides is 1. The number of hydrogen-bond donors (Lipinski definition) is 1. The molecule has 2 heterocycles. The number of rotatable bonds is 1. The normalized spacial score (nSPS) is 27.1. The Morgan fingerprint density at radius 1 is 1.28 bits per heavy atom. The number of carbonyl (C=O) groups excluding carboxylic acids is 1. The SMILES string of the molecule is Cc1ccc(C(=O)N2CC3CCCNC3C2)cc1. The van der Waals surface area contributed by atoms with E-state index in [1.165, 1.54) is 18.4 Å². The van der Waals surface area contributed by atoms with Gasteiger partial charge in [0.1, 0.15) is 0 Å². The molecule has 0 spiro atoms. The van der Waals surface area contributed by atoms with Crippen molar-refractivity contribution in [2.45, 2.75) is 25.8 Å². The van der Waals surface area contributed by atoms with Crippen molar-refractivity contribution in [2.24, 2.45) is 5.92 Å². The van der Waals surface area contributed by atoms with Crippen LogP contribution in [0, 0.1) is 12.8 Å². The smallest absolute Gasteiger partial charge is 0.253 e. The second-order valence-corrected chi connectivity index (χ2v) is 5.54. The highest BCUT2D eigenvalue weighted by Crippen LogP contribution is 2.26. The molecule has 2 atom stereocenters. The van der Waals surface area contributed by atoms with Gasteiger partial charge in [-0.15, -0.1) is 0 Å². The molecule has 18 heavy (non-hydrogen) atoms. The summed E-state index contributed by atoms with van der Waals surface area (Å²) >= 11 is 0. The minimum Gasteiger partial charge on any atom is -0.337 e. The minimum atomic E-state index is 0.186. The van der Waals surface area contributed by atoms with Crippen LogP contribution >= 0.6 is 0 Å². The van der Waals surface area contributed by atoms with Crippen LogP contribution in [0.25, 0.3) is 0 Å². The molecule has 0 bridgehead atoms. The van der Waals surface area contributed by atoms with Crippen molar-refractivity contribution >= 4 is 5.91 Å². The van der Waals surface area contributed by atoms with E-state index in [2.05, 4.69) is 5.32 Å². The highest BCUT2D eigenvalue weighted by molar-refractivity contribution is 5.94. The molecule has 1 amide bonds. The molecule has 1 aromatic carbocycles. The summed E-state index contributed by atoms with van der Waals surface area (Å²) < 4.78 is 0. The predicted octanol–water partition coefficient (Wildman–Crippen LogP) is 1.82. The third-order valence-electron chi connectivity index (χ3n) is 4.18. The molecule has 1 aromatic rings. The summed E-state index contributed by atoms with van der Waals surface area (Å²) in [6.45, 7) is 4.94. The van der Waals surface area contributed by atoms with Gasteiger partial charge in [0.25, 0.3) is 5.91 Å². The number of carbonyl (C=O) groups is 1. The molecule has 2 aliphatic heterocycles. The highest BCUT2D eigenvalue weighted by atomic mass is 16.2. The first kappa shape index (κ1) is 11.7. The fraction of sp³-hybridized carbons (Fsp3) is 0.533. The van der Waals surface area contributed by atoms with Crippen molar-refractivity contribution < 1.29 is 4.79 Å². The van der Waals surface area contributed by atoms with Crippen LogP contribution in [0.4, 0.5) is 0 Å². The van der Waals surface area contributed by atoms with E-state index < -0.39 is 0 Å². The molecule has 0 aliphatic carbocycles. The Kier molecular flexibility index (Phi) is 3.08. The number of likely N-dealkylation sites (tertiary alicyclic amines) is 1. The first-order valence-corrected chi connectivity index (χ1v) is 6.83. The standard InChI is InChI=1S/C15H20N2O/c1-11-4-6-12(7-5-11)15(18)17-9-13-3-2-8-16-14(13)10-17/h4-7,13-14,16H,2-3,8-10H2,1H3. The summed E-state index contributed by atoms with van der Waals surface area (Å²) in [5.74, 6) is 0.847. The van der Waals surface area contributed by atoms with Gasteiger partial charge in [-0.3, -0.25) is 4.79 Å². The first-order valence-electron chi connectivity index (χ1n) is 6.83. The summed E-state index contributed by atoms with van der Waals surface area (Å²) in [7, 11) is 0. The molecular weight excluding hydrogens is 224 g/mol. The van der Waals surface area contributed by atoms with Gasteiger partial charge in [-0.1, -0.05) is 17.7 Å². The molecule has 0 radical (unpaired) electrons. The van der Waals surface area contributed by atoms with Crippen LogP contribution in [0.5, 0.6) is 0 Å². The van der Waals surface area contributed by atoms with Crippen LogP contribution in [0.1, 0.15) is 28.8 Å². The number of hydrogen-bond acceptors (Lipinski definition) is 2. The van der Waals surface area contributed by atoms with E-state index in [1.807, 2.05) is 36.1 Å². The van der Waals surface area contributed by atoms with Crippen LogP contribution in [0.3, 0.4) is 0 Å². The van der Waals surface area contributed by atoms with E-state index in [0.717, 1.165) is 25.2 Å². The topological polar surface area (TPSA) is 32.3 Å². The molecule has 2 aliphatic rings.